The Morgan fingerprint density at radius 2 is 2.20 bits per heavy atom. The van der Waals surface area contributed by atoms with Crippen LogP contribution >= 0.6 is 0 Å². The van der Waals surface area contributed by atoms with Gasteiger partial charge in [0.05, 0.1) is 0 Å². The van der Waals surface area contributed by atoms with E-state index in [1.165, 1.54) is 12.8 Å². The van der Waals surface area contributed by atoms with Crippen molar-refractivity contribution in [2.24, 2.45) is 5.92 Å². The van der Waals surface area contributed by atoms with E-state index in [4.69, 9.17) is 5.11 Å². The average molecular weight is 142 g/mol. The summed E-state index contributed by atoms with van der Waals surface area (Å²) >= 11 is 0. The molecule has 0 fully saturated rings. The molecular weight excluding hydrogens is 124 g/mol. The fourth-order valence-electron chi connectivity index (χ4n) is 1.09. The molecule has 0 saturated heterocycles. The van der Waals surface area contributed by atoms with Crippen LogP contribution in [0.5, 0.6) is 0 Å². The first kappa shape index (κ1) is 9.70. The Hall–Kier alpha value is -0.300. The predicted molar refractivity (Wildman–Crippen MR) is 44.9 cm³/mol. The standard InChI is InChI=1S/C9H18O/c1-3-5-6-9(4-2)7-8-10/h3,9-10H,1,4-8H2,2H3. The monoisotopic (exact) mass is 142 g/mol. The molecule has 0 aliphatic rings. The normalized spacial score (nSPS) is 13.0. The molecule has 1 heteroatoms. The highest BCUT2D eigenvalue weighted by Crippen LogP contribution is 2.14. The van der Waals surface area contributed by atoms with Gasteiger partial charge >= 0.3 is 0 Å². The van der Waals surface area contributed by atoms with Crippen molar-refractivity contribution in [2.45, 2.75) is 32.6 Å². The summed E-state index contributed by atoms with van der Waals surface area (Å²) in [6.07, 6.45) is 6.33. The summed E-state index contributed by atoms with van der Waals surface area (Å²) in [5, 5.41) is 8.64. The molecule has 0 rings (SSSR count). The molecule has 0 aliphatic carbocycles. The zero-order valence-electron chi connectivity index (χ0n) is 6.84. The number of rotatable bonds is 6. The smallest absolute Gasteiger partial charge is 0.0433 e. The van der Waals surface area contributed by atoms with E-state index in [-0.39, 0.29) is 0 Å². The van der Waals surface area contributed by atoms with Gasteiger partial charge in [-0.25, -0.2) is 0 Å². The molecule has 0 aliphatic heterocycles. The van der Waals surface area contributed by atoms with Gasteiger partial charge in [-0.05, 0) is 25.2 Å². The van der Waals surface area contributed by atoms with Crippen molar-refractivity contribution in [2.75, 3.05) is 6.61 Å². The molecule has 1 N–H and O–H groups in total. The molecule has 0 amide bonds. The Labute approximate surface area is 63.8 Å². The van der Waals surface area contributed by atoms with Crippen molar-refractivity contribution in [1.29, 1.82) is 0 Å². The summed E-state index contributed by atoms with van der Waals surface area (Å²) in [7, 11) is 0. The van der Waals surface area contributed by atoms with Crippen LogP contribution in [0, 0.1) is 5.92 Å². The van der Waals surface area contributed by atoms with E-state index < -0.39 is 0 Å². The molecule has 0 aromatic rings. The Morgan fingerprint density at radius 3 is 2.60 bits per heavy atom. The predicted octanol–water partition coefficient (Wildman–Crippen LogP) is 2.36. The first-order chi connectivity index (χ1) is 4.85. The maximum atomic E-state index is 8.64. The maximum absolute atomic E-state index is 8.64. The van der Waals surface area contributed by atoms with E-state index in [0.717, 1.165) is 12.8 Å². The SMILES string of the molecule is C=CCCC(CC)CCO. The molecule has 0 heterocycles. The van der Waals surface area contributed by atoms with Gasteiger partial charge in [0.1, 0.15) is 0 Å². The largest absolute Gasteiger partial charge is 0.396 e. The van der Waals surface area contributed by atoms with Crippen LogP contribution < -0.4 is 0 Å². The number of hydrogen-bond donors (Lipinski definition) is 1. The van der Waals surface area contributed by atoms with Crippen molar-refractivity contribution in [1.82, 2.24) is 0 Å². The number of hydrogen-bond acceptors (Lipinski definition) is 1. The van der Waals surface area contributed by atoms with Gasteiger partial charge in [0.15, 0.2) is 0 Å². The van der Waals surface area contributed by atoms with Crippen LogP contribution in [0.2, 0.25) is 0 Å². The lowest BCUT2D eigenvalue weighted by Crippen LogP contribution is -2.00. The molecule has 0 aromatic heterocycles. The third-order valence-corrected chi connectivity index (χ3v) is 1.89. The Morgan fingerprint density at radius 1 is 1.50 bits per heavy atom. The van der Waals surface area contributed by atoms with Crippen molar-refractivity contribution in [3.05, 3.63) is 12.7 Å². The minimum atomic E-state index is 0.329. The summed E-state index contributed by atoms with van der Waals surface area (Å²) in [4.78, 5) is 0. The first-order valence-electron chi connectivity index (χ1n) is 4.06. The zero-order valence-corrected chi connectivity index (χ0v) is 6.84. The van der Waals surface area contributed by atoms with Crippen molar-refractivity contribution < 1.29 is 5.11 Å². The zero-order chi connectivity index (χ0) is 7.82. The van der Waals surface area contributed by atoms with Gasteiger partial charge < -0.3 is 5.11 Å². The molecule has 0 radical (unpaired) electrons. The van der Waals surface area contributed by atoms with Gasteiger partial charge in [-0.15, -0.1) is 6.58 Å². The van der Waals surface area contributed by atoms with Gasteiger partial charge in [-0.2, -0.15) is 0 Å². The minimum absolute atomic E-state index is 0.329. The van der Waals surface area contributed by atoms with Crippen LogP contribution in [0.25, 0.3) is 0 Å². The van der Waals surface area contributed by atoms with Gasteiger partial charge in [-0.1, -0.05) is 19.4 Å². The van der Waals surface area contributed by atoms with Crippen molar-refractivity contribution >= 4 is 0 Å². The van der Waals surface area contributed by atoms with Crippen molar-refractivity contribution in [3.8, 4) is 0 Å². The van der Waals surface area contributed by atoms with E-state index >= 15 is 0 Å². The minimum Gasteiger partial charge on any atom is -0.396 e. The highest BCUT2D eigenvalue weighted by atomic mass is 16.3. The Bertz CT molecular complexity index is 78.8. The highest BCUT2D eigenvalue weighted by Gasteiger charge is 2.02. The topological polar surface area (TPSA) is 20.2 Å². The van der Waals surface area contributed by atoms with Gasteiger partial charge in [0, 0.05) is 6.61 Å². The maximum Gasteiger partial charge on any atom is 0.0433 e. The Balaban J connectivity index is 3.29. The van der Waals surface area contributed by atoms with Gasteiger partial charge in [-0.3, -0.25) is 0 Å². The molecule has 0 aromatic carbocycles. The number of aliphatic hydroxyl groups excluding tert-OH is 1. The fourth-order valence-corrected chi connectivity index (χ4v) is 1.09. The van der Waals surface area contributed by atoms with E-state index in [0.29, 0.717) is 12.5 Å². The third kappa shape index (κ3) is 4.57. The van der Waals surface area contributed by atoms with E-state index in [1.54, 1.807) is 0 Å². The molecule has 1 atom stereocenters. The molecule has 60 valence electrons. The van der Waals surface area contributed by atoms with Crippen molar-refractivity contribution in [3.63, 3.8) is 0 Å². The summed E-state index contributed by atoms with van der Waals surface area (Å²) in [5.41, 5.74) is 0. The van der Waals surface area contributed by atoms with Crippen LogP contribution in [0.4, 0.5) is 0 Å². The molecule has 0 spiro atoms. The number of aliphatic hydroxyl groups is 1. The second kappa shape index (κ2) is 6.81. The lowest BCUT2D eigenvalue weighted by Gasteiger charge is -2.10. The van der Waals surface area contributed by atoms with Crippen LogP contribution in [-0.4, -0.2) is 11.7 Å². The van der Waals surface area contributed by atoms with E-state index in [9.17, 15) is 0 Å². The second-order valence-electron chi connectivity index (χ2n) is 2.65. The average Bonchev–Trinajstić information content (AvgIpc) is 1.98. The van der Waals surface area contributed by atoms with Crippen LogP contribution in [-0.2, 0) is 0 Å². The molecule has 0 bridgehead atoms. The highest BCUT2D eigenvalue weighted by molar-refractivity contribution is 4.69. The van der Waals surface area contributed by atoms with E-state index in [1.807, 2.05) is 6.08 Å². The van der Waals surface area contributed by atoms with E-state index in [2.05, 4.69) is 13.5 Å². The molecular formula is C9H18O. The van der Waals surface area contributed by atoms with Gasteiger partial charge in [0.2, 0.25) is 0 Å². The van der Waals surface area contributed by atoms with Crippen LogP contribution in [0.15, 0.2) is 12.7 Å². The second-order valence-corrected chi connectivity index (χ2v) is 2.65. The molecule has 1 nitrogen and oxygen atoms in total. The molecule has 0 saturated carbocycles. The quantitative estimate of drug-likeness (QED) is 0.564. The third-order valence-electron chi connectivity index (χ3n) is 1.89. The fraction of sp³-hybridized carbons (Fsp3) is 0.778. The summed E-state index contributed by atoms with van der Waals surface area (Å²) < 4.78 is 0. The van der Waals surface area contributed by atoms with Gasteiger partial charge in [0.25, 0.3) is 0 Å². The lowest BCUT2D eigenvalue weighted by atomic mass is 9.97. The van der Waals surface area contributed by atoms with Crippen LogP contribution in [0.1, 0.15) is 32.6 Å². The lowest BCUT2D eigenvalue weighted by molar-refractivity contribution is 0.249. The molecule has 10 heavy (non-hydrogen) atoms. The van der Waals surface area contributed by atoms with Crippen LogP contribution in [0.3, 0.4) is 0 Å². The summed E-state index contributed by atoms with van der Waals surface area (Å²) in [6.45, 7) is 6.16. The molecule has 1 unspecified atom stereocenters. The summed E-state index contributed by atoms with van der Waals surface area (Å²) in [6, 6.07) is 0. The first-order valence-corrected chi connectivity index (χ1v) is 4.06. The number of allylic oxidation sites excluding steroid dienone is 1. The summed E-state index contributed by atoms with van der Waals surface area (Å²) in [5.74, 6) is 0.697. The Kier molecular flexibility index (Phi) is 6.61.